The van der Waals surface area contributed by atoms with Crippen LogP contribution in [0.3, 0.4) is 0 Å². The number of ether oxygens (including phenoxy) is 1. The van der Waals surface area contributed by atoms with E-state index < -0.39 is 0 Å². The average molecular weight is 360 g/mol. The molecule has 1 aliphatic rings. The van der Waals surface area contributed by atoms with Crippen molar-refractivity contribution in [2.75, 3.05) is 11.4 Å². The fourth-order valence-corrected chi connectivity index (χ4v) is 3.18. The van der Waals surface area contributed by atoms with Crippen molar-refractivity contribution in [3.05, 3.63) is 64.1 Å². The Bertz CT molecular complexity index is 697. The van der Waals surface area contributed by atoms with Gasteiger partial charge >= 0.3 is 6.09 Å². The third-order valence-electron chi connectivity index (χ3n) is 3.96. The summed E-state index contributed by atoms with van der Waals surface area (Å²) in [6.45, 7) is 5.21. The zero-order valence-corrected chi connectivity index (χ0v) is 14.3. The van der Waals surface area contributed by atoms with E-state index in [2.05, 4.69) is 35.8 Å². The molecule has 0 radical (unpaired) electrons. The van der Waals surface area contributed by atoms with Crippen molar-refractivity contribution >= 4 is 27.7 Å². The molecule has 4 heteroatoms. The highest BCUT2D eigenvalue weighted by Crippen LogP contribution is 2.42. The summed E-state index contributed by atoms with van der Waals surface area (Å²) in [7, 11) is 0. The van der Waals surface area contributed by atoms with Gasteiger partial charge < -0.3 is 4.74 Å². The zero-order valence-electron chi connectivity index (χ0n) is 12.7. The number of halogens is 1. The van der Waals surface area contributed by atoms with Gasteiger partial charge in [0.15, 0.2) is 0 Å². The lowest BCUT2D eigenvalue weighted by molar-refractivity contribution is 0.147. The maximum absolute atomic E-state index is 12.5. The van der Waals surface area contributed by atoms with E-state index in [4.69, 9.17) is 4.74 Å². The van der Waals surface area contributed by atoms with Crippen LogP contribution in [0.4, 0.5) is 10.5 Å². The predicted octanol–water partition coefficient (Wildman–Crippen LogP) is 4.88. The molecule has 0 fully saturated rings. The van der Waals surface area contributed by atoms with Crippen LogP contribution >= 0.6 is 15.9 Å². The van der Waals surface area contributed by atoms with Gasteiger partial charge in [0.25, 0.3) is 0 Å². The minimum atomic E-state index is -0.297. The second-order valence-electron chi connectivity index (χ2n) is 6.17. The molecule has 22 heavy (non-hydrogen) atoms. The van der Waals surface area contributed by atoms with Crippen LogP contribution in [0.1, 0.15) is 25.0 Å². The Morgan fingerprint density at radius 1 is 1.23 bits per heavy atom. The van der Waals surface area contributed by atoms with Gasteiger partial charge in [-0.25, -0.2) is 4.79 Å². The molecule has 0 aliphatic carbocycles. The summed E-state index contributed by atoms with van der Waals surface area (Å²) in [4.78, 5) is 14.2. The second kappa shape index (κ2) is 5.76. The predicted molar refractivity (Wildman–Crippen MR) is 91.1 cm³/mol. The number of hydrogen-bond acceptors (Lipinski definition) is 2. The molecule has 2 aromatic rings. The van der Waals surface area contributed by atoms with Gasteiger partial charge in [-0.05, 0) is 23.3 Å². The molecule has 2 aromatic carbocycles. The smallest absolute Gasteiger partial charge is 0.414 e. The van der Waals surface area contributed by atoms with E-state index >= 15 is 0 Å². The highest BCUT2D eigenvalue weighted by atomic mass is 79.9. The molecule has 0 saturated heterocycles. The van der Waals surface area contributed by atoms with Gasteiger partial charge in [-0.1, -0.05) is 66.2 Å². The van der Waals surface area contributed by atoms with Crippen LogP contribution in [-0.4, -0.2) is 12.6 Å². The second-order valence-corrected chi connectivity index (χ2v) is 7.09. The fourth-order valence-electron chi connectivity index (χ4n) is 2.83. The van der Waals surface area contributed by atoms with E-state index in [-0.39, 0.29) is 11.5 Å². The van der Waals surface area contributed by atoms with Crippen molar-refractivity contribution in [1.29, 1.82) is 0 Å². The van der Waals surface area contributed by atoms with Gasteiger partial charge in [-0.15, -0.1) is 0 Å². The molecule has 0 spiro atoms. The maximum Gasteiger partial charge on any atom is 0.414 e. The normalized spacial score (nSPS) is 15.5. The molecule has 0 saturated carbocycles. The molecule has 1 aliphatic heterocycles. The molecule has 114 valence electrons. The third kappa shape index (κ3) is 2.88. The SMILES string of the molecule is CC1(C)CN(C(=O)OCc2ccccc2)c2cc(Br)ccc21. The molecule has 1 heterocycles. The lowest BCUT2D eigenvalue weighted by Gasteiger charge is -2.20. The number of amides is 1. The first kappa shape index (κ1) is 15.1. The average Bonchev–Trinajstić information content (AvgIpc) is 2.77. The van der Waals surface area contributed by atoms with Crippen LogP contribution in [0.25, 0.3) is 0 Å². The summed E-state index contributed by atoms with van der Waals surface area (Å²) < 4.78 is 6.44. The first-order valence-electron chi connectivity index (χ1n) is 7.26. The van der Waals surface area contributed by atoms with Crippen LogP contribution in [0.2, 0.25) is 0 Å². The topological polar surface area (TPSA) is 29.5 Å². The standard InChI is InChI=1S/C18H18BrNO2/c1-18(2)12-20(16-10-14(19)8-9-15(16)18)17(21)22-11-13-6-4-3-5-7-13/h3-10H,11-12H2,1-2H3. The minimum absolute atomic E-state index is 0.0677. The van der Waals surface area contributed by atoms with Crippen LogP contribution in [0.5, 0.6) is 0 Å². The van der Waals surface area contributed by atoms with Crippen molar-refractivity contribution in [2.24, 2.45) is 0 Å². The van der Waals surface area contributed by atoms with Crippen molar-refractivity contribution in [3.63, 3.8) is 0 Å². The number of hydrogen-bond donors (Lipinski definition) is 0. The Hall–Kier alpha value is -1.81. The monoisotopic (exact) mass is 359 g/mol. The molecule has 0 atom stereocenters. The van der Waals surface area contributed by atoms with Gasteiger partial charge in [0.2, 0.25) is 0 Å². The third-order valence-corrected chi connectivity index (χ3v) is 4.45. The molecule has 0 bridgehead atoms. The number of fused-ring (bicyclic) bond motifs is 1. The molecular weight excluding hydrogens is 342 g/mol. The van der Waals surface area contributed by atoms with Crippen LogP contribution in [-0.2, 0) is 16.8 Å². The Labute approximate surface area is 139 Å². The van der Waals surface area contributed by atoms with Gasteiger partial charge in [-0.3, -0.25) is 4.90 Å². The summed E-state index contributed by atoms with van der Waals surface area (Å²) in [6.07, 6.45) is -0.297. The van der Waals surface area contributed by atoms with Gasteiger partial charge in [0, 0.05) is 16.4 Å². The molecule has 0 aromatic heterocycles. The molecule has 0 N–H and O–H groups in total. The highest BCUT2D eigenvalue weighted by molar-refractivity contribution is 9.10. The van der Waals surface area contributed by atoms with E-state index in [1.54, 1.807) is 4.90 Å². The van der Waals surface area contributed by atoms with Crippen molar-refractivity contribution < 1.29 is 9.53 Å². The van der Waals surface area contributed by atoms with E-state index in [0.717, 1.165) is 15.7 Å². The first-order valence-corrected chi connectivity index (χ1v) is 8.05. The Kier molecular flexibility index (Phi) is 3.96. The molecule has 3 rings (SSSR count). The number of nitrogens with zero attached hydrogens (tertiary/aromatic N) is 1. The van der Waals surface area contributed by atoms with Crippen molar-refractivity contribution in [1.82, 2.24) is 0 Å². The molecule has 3 nitrogen and oxygen atoms in total. The van der Waals surface area contributed by atoms with Crippen LogP contribution in [0.15, 0.2) is 53.0 Å². The number of carbonyl (C=O) groups excluding carboxylic acids is 1. The minimum Gasteiger partial charge on any atom is -0.444 e. The summed E-state index contributed by atoms with van der Waals surface area (Å²) in [5, 5.41) is 0. The molecule has 0 unspecified atom stereocenters. The van der Waals surface area contributed by atoms with E-state index in [1.165, 1.54) is 5.56 Å². The van der Waals surface area contributed by atoms with E-state index in [1.807, 2.05) is 42.5 Å². The Morgan fingerprint density at radius 3 is 2.68 bits per heavy atom. The summed E-state index contributed by atoms with van der Waals surface area (Å²) >= 11 is 3.48. The van der Waals surface area contributed by atoms with Gasteiger partial charge in [0.05, 0.1) is 5.69 Å². The largest absolute Gasteiger partial charge is 0.444 e. The van der Waals surface area contributed by atoms with Gasteiger partial charge in [-0.2, -0.15) is 0 Å². The zero-order chi connectivity index (χ0) is 15.7. The Morgan fingerprint density at radius 2 is 1.95 bits per heavy atom. The lowest BCUT2D eigenvalue weighted by atomic mass is 9.87. The maximum atomic E-state index is 12.5. The number of anilines is 1. The van der Waals surface area contributed by atoms with Crippen LogP contribution < -0.4 is 4.90 Å². The lowest BCUT2D eigenvalue weighted by Crippen LogP contribution is -2.34. The van der Waals surface area contributed by atoms with Gasteiger partial charge in [0.1, 0.15) is 6.61 Å². The number of rotatable bonds is 2. The summed E-state index contributed by atoms with van der Waals surface area (Å²) in [5.74, 6) is 0. The quantitative estimate of drug-likeness (QED) is 0.764. The fraction of sp³-hybridized carbons (Fsp3) is 0.278. The molecular formula is C18H18BrNO2. The van der Waals surface area contributed by atoms with E-state index in [0.29, 0.717) is 13.2 Å². The van der Waals surface area contributed by atoms with Crippen molar-refractivity contribution in [2.45, 2.75) is 25.9 Å². The van der Waals surface area contributed by atoms with Crippen LogP contribution in [0, 0.1) is 0 Å². The highest BCUT2D eigenvalue weighted by Gasteiger charge is 2.38. The summed E-state index contributed by atoms with van der Waals surface area (Å²) in [5.41, 5.74) is 3.02. The Balaban J connectivity index is 1.78. The van der Waals surface area contributed by atoms with Crippen molar-refractivity contribution in [3.8, 4) is 0 Å². The number of benzene rings is 2. The first-order chi connectivity index (χ1) is 10.5. The number of carbonyl (C=O) groups is 1. The summed E-state index contributed by atoms with van der Waals surface area (Å²) in [6, 6.07) is 15.8. The molecule has 1 amide bonds. The van der Waals surface area contributed by atoms with E-state index in [9.17, 15) is 4.79 Å².